The normalized spacial score (nSPS) is 20.5. The van der Waals surface area contributed by atoms with Gasteiger partial charge in [0.2, 0.25) is 0 Å². The van der Waals surface area contributed by atoms with Gasteiger partial charge in [0.1, 0.15) is 6.33 Å². The standard InChI is InChI=1S/C10H17N5O3S/c11-19(17,18)13-6-9-2-1-4-14(7-9)10(16)15-5-3-12-8-15/h3,5,8-9,13H,1-2,4,6-7H2,(H2,11,17,18). The molecule has 1 aliphatic heterocycles. The van der Waals surface area contributed by atoms with Gasteiger partial charge in [0.05, 0.1) is 0 Å². The molecule has 1 aliphatic rings. The molecule has 2 heterocycles. The third-order valence-electron chi connectivity index (χ3n) is 3.09. The van der Waals surface area contributed by atoms with Crippen LogP contribution in [0.4, 0.5) is 4.79 Å². The molecule has 0 bridgehead atoms. The minimum Gasteiger partial charge on any atom is -0.324 e. The smallest absolute Gasteiger partial charge is 0.324 e. The average Bonchev–Trinajstić information content (AvgIpc) is 2.89. The lowest BCUT2D eigenvalue weighted by Gasteiger charge is -2.32. The molecule has 1 atom stereocenters. The molecule has 1 saturated heterocycles. The van der Waals surface area contributed by atoms with Crippen molar-refractivity contribution in [3.05, 3.63) is 18.7 Å². The van der Waals surface area contributed by atoms with Gasteiger partial charge in [-0.15, -0.1) is 0 Å². The van der Waals surface area contributed by atoms with E-state index < -0.39 is 10.2 Å². The maximum atomic E-state index is 12.1. The summed E-state index contributed by atoms with van der Waals surface area (Å²) in [6.45, 7) is 1.44. The van der Waals surface area contributed by atoms with Crippen molar-refractivity contribution >= 4 is 16.2 Å². The molecule has 8 nitrogen and oxygen atoms in total. The summed E-state index contributed by atoms with van der Waals surface area (Å²) < 4.78 is 25.4. The summed E-state index contributed by atoms with van der Waals surface area (Å²) in [4.78, 5) is 17.6. The molecule has 19 heavy (non-hydrogen) atoms. The molecule has 0 aliphatic carbocycles. The third-order valence-corrected chi connectivity index (χ3v) is 3.66. The molecule has 1 aromatic rings. The zero-order valence-electron chi connectivity index (χ0n) is 10.4. The van der Waals surface area contributed by atoms with Crippen LogP contribution in [-0.2, 0) is 10.2 Å². The summed E-state index contributed by atoms with van der Waals surface area (Å²) >= 11 is 0. The fourth-order valence-electron chi connectivity index (χ4n) is 2.17. The van der Waals surface area contributed by atoms with E-state index >= 15 is 0 Å². The Kier molecular flexibility index (Phi) is 4.17. The summed E-state index contributed by atoms with van der Waals surface area (Å²) in [6, 6.07) is -0.141. The molecule has 106 valence electrons. The predicted molar refractivity (Wildman–Crippen MR) is 68.4 cm³/mol. The molecule has 1 aromatic heterocycles. The minimum atomic E-state index is -3.67. The highest BCUT2D eigenvalue weighted by atomic mass is 32.2. The highest BCUT2D eigenvalue weighted by molar-refractivity contribution is 7.87. The van der Waals surface area contributed by atoms with E-state index in [0.29, 0.717) is 13.1 Å². The van der Waals surface area contributed by atoms with Crippen LogP contribution in [0.5, 0.6) is 0 Å². The number of hydrogen-bond donors (Lipinski definition) is 2. The maximum Gasteiger partial charge on any atom is 0.329 e. The van der Waals surface area contributed by atoms with Gasteiger partial charge in [-0.05, 0) is 18.8 Å². The Bertz CT molecular complexity index is 527. The SMILES string of the molecule is NS(=O)(=O)NCC1CCCN(C(=O)n2ccnc2)C1. The lowest BCUT2D eigenvalue weighted by atomic mass is 9.99. The molecule has 1 fully saturated rings. The molecule has 9 heteroatoms. The summed E-state index contributed by atoms with van der Waals surface area (Å²) in [5.41, 5.74) is 0. The summed E-state index contributed by atoms with van der Waals surface area (Å²) in [5.74, 6) is 0.0829. The van der Waals surface area contributed by atoms with Crippen molar-refractivity contribution in [2.75, 3.05) is 19.6 Å². The van der Waals surface area contributed by atoms with E-state index in [1.54, 1.807) is 17.3 Å². The summed E-state index contributed by atoms with van der Waals surface area (Å²) in [6.07, 6.45) is 6.30. The Morgan fingerprint density at radius 1 is 1.53 bits per heavy atom. The number of rotatable bonds is 3. The molecule has 1 amide bonds. The lowest BCUT2D eigenvalue weighted by Crippen LogP contribution is -2.45. The van der Waals surface area contributed by atoms with Crippen LogP contribution in [-0.4, -0.2) is 48.5 Å². The van der Waals surface area contributed by atoms with E-state index in [1.807, 2.05) is 0 Å². The van der Waals surface area contributed by atoms with Crippen LogP contribution in [0.15, 0.2) is 18.7 Å². The Hall–Kier alpha value is -1.45. The number of likely N-dealkylation sites (tertiary alicyclic amines) is 1. The molecule has 2 rings (SSSR count). The molecule has 0 spiro atoms. The van der Waals surface area contributed by atoms with Gasteiger partial charge < -0.3 is 4.90 Å². The van der Waals surface area contributed by atoms with Crippen LogP contribution in [0.2, 0.25) is 0 Å². The number of hydrogen-bond acceptors (Lipinski definition) is 4. The van der Waals surface area contributed by atoms with Crippen LogP contribution in [0, 0.1) is 5.92 Å². The lowest BCUT2D eigenvalue weighted by molar-refractivity contribution is 0.167. The predicted octanol–water partition coefficient (Wildman–Crippen LogP) is -0.644. The fraction of sp³-hybridized carbons (Fsp3) is 0.600. The summed E-state index contributed by atoms with van der Waals surface area (Å²) in [7, 11) is -3.67. The van der Waals surface area contributed by atoms with Gasteiger partial charge in [-0.1, -0.05) is 0 Å². The Morgan fingerprint density at radius 2 is 2.32 bits per heavy atom. The topological polar surface area (TPSA) is 110 Å². The van der Waals surface area contributed by atoms with Crippen LogP contribution < -0.4 is 9.86 Å². The van der Waals surface area contributed by atoms with Crippen molar-refractivity contribution in [3.8, 4) is 0 Å². The van der Waals surface area contributed by atoms with Gasteiger partial charge >= 0.3 is 6.03 Å². The first-order valence-electron chi connectivity index (χ1n) is 6.00. The Balaban J connectivity index is 1.92. The third kappa shape index (κ3) is 4.01. The first-order valence-corrected chi connectivity index (χ1v) is 7.55. The number of carbonyl (C=O) groups excluding carboxylic acids is 1. The minimum absolute atomic E-state index is 0.0829. The van der Waals surface area contributed by atoms with Gasteiger partial charge in [-0.3, -0.25) is 4.57 Å². The second-order valence-electron chi connectivity index (χ2n) is 4.60. The summed E-state index contributed by atoms with van der Waals surface area (Å²) in [5, 5.41) is 4.89. The first kappa shape index (κ1) is 14.0. The Labute approximate surface area is 111 Å². The van der Waals surface area contributed by atoms with Gasteiger partial charge in [0.15, 0.2) is 0 Å². The van der Waals surface area contributed by atoms with Crippen molar-refractivity contribution in [3.63, 3.8) is 0 Å². The molecule has 1 unspecified atom stereocenters. The largest absolute Gasteiger partial charge is 0.329 e. The van der Waals surface area contributed by atoms with Crippen molar-refractivity contribution < 1.29 is 13.2 Å². The van der Waals surface area contributed by atoms with E-state index in [0.717, 1.165) is 12.8 Å². The number of imidazole rings is 1. The number of amides is 1. The highest BCUT2D eigenvalue weighted by Crippen LogP contribution is 2.16. The van der Waals surface area contributed by atoms with Crippen LogP contribution >= 0.6 is 0 Å². The van der Waals surface area contributed by atoms with E-state index in [-0.39, 0.29) is 18.5 Å². The van der Waals surface area contributed by atoms with Gasteiger partial charge in [-0.25, -0.2) is 19.6 Å². The van der Waals surface area contributed by atoms with Crippen molar-refractivity contribution in [2.45, 2.75) is 12.8 Å². The maximum absolute atomic E-state index is 12.1. The number of piperidine rings is 1. The van der Waals surface area contributed by atoms with Crippen LogP contribution in [0.1, 0.15) is 12.8 Å². The van der Waals surface area contributed by atoms with Crippen molar-refractivity contribution in [1.82, 2.24) is 19.2 Å². The second kappa shape index (κ2) is 5.68. The van der Waals surface area contributed by atoms with Crippen LogP contribution in [0.3, 0.4) is 0 Å². The highest BCUT2D eigenvalue weighted by Gasteiger charge is 2.24. The number of nitrogens with zero attached hydrogens (tertiary/aromatic N) is 3. The quantitative estimate of drug-likeness (QED) is 0.770. The van der Waals surface area contributed by atoms with Crippen molar-refractivity contribution in [1.29, 1.82) is 0 Å². The molecular weight excluding hydrogens is 270 g/mol. The molecular formula is C10H17N5O3S. The number of nitrogens with one attached hydrogen (secondary N) is 1. The van der Waals surface area contributed by atoms with E-state index in [1.165, 1.54) is 10.9 Å². The van der Waals surface area contributed by atoms with Crippen LogP contribution in [0.25, 0.3) is 0 Å². The number of nitrogens with two attached hydrogens (primary N) is 1. The van der Waals surface area contributed by atoms with Gasteiger partial charge in [0, 0.05) is 32.0 Å². The van der Waals surface area contributed by atoms with Crippen molar-refractivity contribution in [2.24, 2.45) is 11.1 Å². The molecule has 0 saturated carbocycles. The van der Waals surface area contributed by atoms with Gasteiger partial charge in [-0.2, -0.15) is 8.42 Å². The molecule has 0 aromatic carbocycles. The zero-order valence-corrected chi connectivity index (χ0v) is 11.2. The fourth-order valence-corrected chi connectivity index (χ4v) is 2.64. The first-order chi connectivity index (χ1) is 8.96. The molecule has 0 radical (unpaired) electrons. The number of aromatic nitrogens is 2. The van der Waals surface area contributed by atoms with E-state index in [9.17, 15) is 13.2 Å². The van der Waals surface area contributed by atoms with E-state index in [4.69, 9.17) is 5.14 Å². The average molecular weight is 287 g/mol. The van der Waals surface area contributed by atoms with E-state index in [2.05, 4.69) is 9.71 Å². The Morgan fingerprint density at radius 3 is 2.95 bits per heavy atom. The zero-order chi connectivity index (χ0) is 13.9. The number of carbonyl (C=O) groups is 1. The van der Waals surface area contributed by atoms with Gasteiger partial charge in [0.25, 0.3) is 10.2 Å². The second-order valence-corrected chi connectivity index (χ2v) is 5.98. The molecule has 3 N–H and O–H groups in total. The monoisotopic (exact) mass is 287 g/mol.